The van der Waals surface area contributed by atoms with Crippen LogP contribution in [0.15, 0.2) is 58.2 Å². The largest absolute Gasteiger partial charge is 0.411 e. The molecule has 0 unspecified atom stereocenters. The summed E-state index contributed by atoms with van der Waals surface area (Å²) in [6.45, 7) is 9.57. The Morgan fingerprint density at radius 3 is 2.58 bits per heavy atom. The molecule has 4 rings (SSSR count). The van der Waals surface area contributed by atoms with Gasteiger partial charge in [-0.2, -0.15) is 0 Å². The lowest BCUT2D eigenvalue weighted by atomic mass is 10.1. The normalized spacial score (nSPS) is 14.6. The summed E-state index contributed by atoms with van der Waals surface area (Å²) in [4.78, 5) is 17.2. The highest BCUT2D eigenvalue weighted by atomic mass is 32.2. The van der Waals surface area contributed by atoms with Crippen molar-refractivity contribution in [3.63, 3.8) is 0 Å². The second-order valence-corrected chi connectivity index (χ2v) is 8.47. The van der Waals surface area contributed by atoms with Gasteiger partial charge in [-0.3, -0.25) is 4.79 Å². The van der Waals surface area contributed by atoms with Gasteiger partial charge < -0.3 is 19.5 Å². The summed E-state index contributed by atoms with van der Waals surface area (Å²) in [6, 6.07) is 15.9. The molecule has 1 aliphatic rings. The number of hydrogen-bond donors (Lipinski definition) is 1. The van der Waals surface area contributed by atoms with Crippen LogP contribution in [0.25, 0.3) is 11.5 Å². The number of aryl methyl sites for hydroxylation is 1. The fraction of sp³-hybridized carbons (Fsp3) is 0.348. The Bertz CT molecular complexity index is 1010. The first-order valence-corrected chi connectivity index (χ1v) is 11.5. The van der Waals surface area contributed by atoms with E-state index >= 15 is 0 Å². The number of benzene rings is 2. The molecule has 7 nitrogen and oxygen atoms in total. The van der Waals surface area contributed by atoms with Crippen molar-refractivity contribution in [2.45, 2.75) is 19.1 Å². The number of rotatable bonds is 7. The number of likely N-dealkylation sites (N-methyl/N-ethyl adjacent to an activating group) is 1. The van der Waals surface area contributed by atoms with E-state index in [4.69, 9.17) is 4.42 Å². The zero-order valence-corrected chi connectivity index (χ0v) is 18.7. The number of carbonyl (C=O) groups excluding carboxylic acids is 1. The molecule has 0 spiro atoms. The molecule has 0 bridgehead atoms. The van der Waals surface area contributed by atoms with Crippen LogP contribution in [0.2, 0.25) is 0 Å². The molecule has 2 heterocycles. The Hall–Kier alpha value is -2.84. The van der Waals surface area contributed by atoms with Crippen molar-refractivity contribution in [2.75, 3.05) is 48.7 Å². The third-order valence-electron chi connectivity index (χ3n) is 5.33. The van der Waals surface area contributed by atoms with Gasteiger partial charge in [-0.1, -0.05) is 36.4 Å². The average Bonchev–Trinajstić information content (AvgIpc) is 3.28. The summed E-state index contributed by atoms with van der Waals surface area (Å²) >= 11 is 1.23. The number of nitrogens with one attached hydrogen (secondary N) is 1. The van der Waals surface area contributed by atoms with Gasteiger partial charge in [0.25, 0.3) is 5.22 Å². The predicted octanol–water partition coefficient (Wildman–Crippen LogP) is 3.92. The van der Waals surface area contributed by atoms with E-state index in [1.54, 1.807) is 0 Å². The fourth-order valence-electron chi connectivity index (χ4n) is 3.57. The minimum atomic E-state index is -0.107. The number of nitrogens with zero attached hydrogens (tertiary/aromatic N) is 4. The van der Waals surface area contributed by atoms with E-state index in [9.17, 15) is 4.79 Å². The Balaban J connectivity index is 1.26. The van der Waals surface area contributed by atoms with Crippen molar-refractivity contribution in [2.24, 2.45) is 0 Å². The summed E-state index contributed by atoms with van der Waals surface area (Å²) < 4.78 is 5.68. The lowest BCUT2D eigenvalue weighted by molar-refractivity contribution is -0.113. The van der Waals surface area contributed by atoms with E-state index in [2.05, 4.69) is 44.4 Å². The summed E-state index contributed by atoms with van der Waals surface area (Å²) in [6.07, 6.45) is 0. The topological polar surface area (TPSA) is 74.5 Å². The number of aromatic nitrogens is 2. The molecular weight excluding hydrogens is 410 g/mol. The van der Waals surface area contributed by atoms with E-state index in [1.807, 2.05) is 43.3 Å². The molecule has 1 N–H and O–H groups in total. The minimum absolute atomic E-state index is 0.107. The van der Waals surface area contributed by atoms with Gasteiger partial charge in [0.15, 0.2) is 0 Å². The molecule has 0 atom stereocenters. The number of amides is 1. The number of anilines is 2. The molecule has 1 saturated heterocycles. The molecule has 2 aromatic carbocycles. The number of piperazine rings is 1. The third-order valence-corrected chi connectivity index (χ3v) is 6.15. The van der Waals surface area contributed by atoms with Gasteiger partial charge in [-0.05, 0) is 49.9 Å². The maximum Gasteiger partial charge on any atom is 0.277 e. The zero-order valence-electron chi connectivity index (χ0n) is 17.9. The molecule has 1 aromatic heterocycles. The highest BCUT2D eigenvalue weighted by molar-refractivity contribution is 7.99. The highest BCUT2D eigenvalue weighted by Crippen LogP contribution is 2.24. The maximum atomic E-state index is 12.3. The van der Waals surface area contributed by atoms with Crippen molar-refractivity contribution in [3.05, 3.63) is 54.1 Å². The average molecular weight is 438 g/mol. The standard InChI is InChI=1S/C23H27N5O2S/c1-3-27-11-13-28(14-12-27)20-9-7-19(8-10-20)24-21(29)16-31-23-26-25-22(30-23)18-6-4-5-17(2)15-18/h4-10,15H,3,11-14,16H2,1-2H3,(H,24,29). The van der Waals surface area contributed by atoms with Crippen molar-refractivity contribution in [3.8, 4) is 11.5 Å². The van der Waals surface area contributed by atoms with Crippen LogP contribution in [-0.4, -0.2) is 59.5 Å². The van der Waals surface area contributed by atoms with E-state index in [-0.39, 0.29) is 11.7 Å². The van der Waals surface area contributed by atoms with E-state index in [1.165, 1.54) is 17.4 Å². The predicted molar refractivity (Wildman–Crippen MR) is 125 cm³/mol. The Labute approximate surface area is 186 Å². The first-order valence-electron chi connectivity index (χ1n) is 10.5. The van der Waals surface area contributed by atoms with Crippen LogP contribution in [-0.2, 0) is 4.79 Å². The van der Waals surface area contributed by atoms with Crippen LogP contribution in [0.3, 0.4) is 0 Å². The quantitative estimate of drug-likeness (QED) is 0.562. The van der Waals surface area contributed by atoms with Gasteiger partial charge in [-0.25, -0.2) is 0 Å². The molecule has 8 heteroatoms. The summed E-state index contributed by atoms with van der Waals surface area (Å²) in [5.41, 5.74) is 3.98. The van der Waals surface area contributed by atoms with Crippen LogP contribution in [0, 0.1) is 6.92 Å². The second-order valence-electron chi connectivity index (χ2n) is 7.55. The third kappa shape index (κ3) is 5.65. The van der Waals surface area contributed by atoms with Crippen LogP contribution in [0.4, 0.5) is 11.4 Å². The molecule has 0 saturated carbocycles. The highest BCUT2D eigenvalue weighted by Gasteiger charge is 2.16. The van der Waals surface area contributed by atoms with Crippen molar-refractivity contribution in [1.29, 1.82) is 0 Å². The van der Waals surface area contributed by atoms with Crippen LogP contribution < -0.4 is 10.2 Å². The van der Waals surface area contributed by atoms with Crippen LogP contribution in [0.5, 0.6) is 0 Å². The van der Waals surface area contributed by atoms with Crippen molar-refractivity contribution >= 4 is 29.0 Å². The molecule has 162 valence electrons. The Morgan fingerprint density at radius 2 is 1.87 bits per heavy atom. The van der Waals surface area contributed by atoms with E-state index < -0.39 is 0 Å². The summed E-state index contributed by atoms with van der Waals surface area (Å²) in [7, 11) is 0. The maximum absolute atomic E-state index is 12.3. The van der Waals surface area contributed by atoms with Crippen LogP contribution in [0.1, 0.15) is 12.5 Å². The lowest BCUT2D eigenvalue weighted by Gasteiger charge is -2.35. The summed E-state index contributed by atoms with van der Waals surface area (Å²) in [5.74, 6) is 0.558. The van der Waals surface area contributed by atoms with Gasteiger partial charge in [0.1, 0.15) is 0 Å². The number of carbonyl (C=O) groups is 1. The van der Waals surface area contributed by atoms with Gasteiger partial charge in [0.2, 0.25) is 11.8 Å². The van der Waals surface area contributed by atoms with E-state index in [0.717, 1.165) is 49.5 Å². The molecule has 1 amide bonds. The van der Waals surface area contributed by atoms with Crippen LogP contribution >= 0.6 is 11.8 Å². The lowest BCUT2D eigenvalue weighted by Crippen LogP contribution is -2.46. The molecule has 0 aliphatic carbocycles. The second kappa shape index (κ2) is 9.98. The van der Waals surface area contributed by atoms with Gasteiger partial charge in [-0.15, -0.1) is 10.2 Å². The first kappa shape index (κ1) is 21.4. The smallest absolute Gasteiger partial charge is 0.277 e. The molecule has 1 aliphatic heterocycles. The molecule has 3 aromatic rings. The molecule has 31 heavy (non-hydrogen) atoms. The Morgan fingerprint density at radius 1 is 1.10 bits per heavy atom. The first-order chi connectivity index (χ1) is 15.1. The monoisotopic (exact) mass is 437 g/mol. The van der Waals surface area contributed by atoms with Gasteiger partial charge in [0.05, 0.1) is 5.75 Å². The summed E-state index contributed by atoms with van der Waals surface area (Å²) in [5, 5.41) is 11.4. The van der Waals surface area contributed by atoms with E-state index in [0.29, 0.717) is 11.1 Å². The minimum Gasteiger partial charge on any atom is -0.411 e. The van der Waals surface area contributed by atoms with Gasteiger partial charge in [0, 0.05) is 43.1 Å². The number of thioether (sulfide) groups is 1. The van der Waals surface area contributed by atoms with Gasteiger partial charge >= 0.3 is 0 Å². The zero-order chi connectivity index (χ0) is 21.6. The fourth-order valence-corrected chi connectivity index (χ4v) is 4.13. The molecule has 0 radical (unpaired) electrons. The van der Waals surface area contributed by atoms with Crippen molar-refractivity contribution in [1.82, 2.24) is 15.1 Å². The van der Waals surface area contributed by atoms with Crippen molar-refractivity contribution < 1.29 is 9.21 Å². The molecular formula is C23H27N5O2S. The SMILES string of the molecule is CCN1CCN(c2ccc(NC(=O)CSc3nnc(-c4cccc(C)c4)o3)cc2)CC1. The Kier molecular flexibility index (Phi) is 6.89. The number of hydrogen-bond acceptors (Lipinski definition) is 7. The molecule has 1 fully saturated rings.